The van der Waals surface area contributed by atoms with Crippen LogP contribution >= 0.6 is 0 Å². The summed E-state index contributed by atoms with van der Waals surface area (Å²) >= 11 is 0. The summed E-state index contributed by atoms with van der Waals surface area (Å²) in [6, 6.07) is 4.12. The summed E-state index contributed by atoms with van der Waals surface area (Å²) in [5, 5.41) is 5.72. The maximum Gasteiger partial charge on any atom is 0.221 e. The Bertz CT molecular complexity index is 413. The van der Waals surface area contributed by atoms with Crippen LogP contribution in [0.4, 0.5) is 8.78 Å². The second kappa shape index (κ2) is 5.91. The van der Waals surface area contributed by atoms with Gasteiger partial charge >= 0.3 is 0 Å². The largest absolute Gasteiger partial charge is 0.353 e. The van der Waals surface area contributed by atoms with E-state index in [9.17, 15) is 13.6 Å². The second-order valence-electron chi connectivity index (χ2n) is 4.47. The van der Waals surface area contributed by atoms with E-state index in [0.29, 0.717) is 19.0 Å². The molecule has 1 aliphatic rings. The number of hydrogen-bond donors (Lipinski definition) is 2. The molecule has 0 spiro atoms. The minimum Gasteiger partial charge on any atom is -0.353 e. The molecule has 0 aromatic heterocycles. The molecule has 1 saturated carbocycles. The zero-order chi connectivity index (χ0) is 13.0. The summed E-state index contributed by atoms with van der Waals surface area (Å²) in [5.41, 5.74) is 0.0140. The van der Waals surface area contributed by atoms with Crippen molar-refractivity contribution in [1.82, 2.24) is 10.6 Å². The lowest BCUT2D eigenvalue weighted by Crippen LogP contribution is -2.29. The fourth-order valence-corrected chi connectivity index (χ4v) is 1.64. The van der Waals surface area contributed by atoms with E-state index in [2.05, 4.69) is 10.6 Å². The molecule has 0 aliphatic heterocycles. The highest BCUT2D eigenvalue weighted by molar-refractivity contribution is 5.76. The molecule has 0 radical (unpaired) electrons. The fourth-order valence-electron chi connectivity index (χ4n) is 1.64. The summed E-state index contributed by atoms with van der Waals surface area (Å²) in [6.45, 7) is 0.502. The summed E-state index contributed by atoms with van der Waals surface area (Å²) < 4.78 is 26.5. The molecule has 2 N–H and O–H groups in total. The first-order valence-electron chi connectivity index (χ1n) is 6.10. The van der Waals surface area contributed by atoms with E-state index in [1.807, 2.05) is 0 Å². The third-order valence-electron chi connectivity index (χ3n) is 2.83. The minimum absolute atomic E-state index is 0.0140. The van der Waals surface area contributed by atoms with Crippen molar-refractivity contribution in [3.63, 3.8) is 0 Å². The van der Waals surface area contributed by atoms with Gasteiger partial charge in [-0.05, 0) is 25.0 Å². The molecule has 0 bridgehead atoms. The molecule has 1 amide bonds. The van der Waals surface area contributed by atoms with Crippen LogP contribution in [0.25, 0.3) is 0 Å². The van der Waals surface area contributed by atoms with Crippen LogP contribution in [0.2, 0.25) is 0 Å². The van der Waals surface area contributed by atoms with E-state index in [1.165, 1.54) is 18.2 Å². The third-order valence-corrected chi connectivity index (χ3v) is 2.83. The van der Waals surface area contributed by atoms with Gasteiger partial charge in [0.05, 0.1) is 0 Å². The normalized spacial score (nSPS) is 14.6. The molecular formula is C13H16F2N2O. The highest BCUT2D eigenvalue weighted by Crippen LogP contribution is 2.18. The van der Waals surface area contributed by atoms with Gasteiger partial charge in [0.1, 0.15) is 11.6 Å². The van der Waals surface area contributed by atoms with Crippen molar-refractivity contribution >= 4 is 5.91 Å². The summed E-state index contributed by atoms with van der Waals surface area (Å²) in [4.78, 5) is 11.3. The first-order chi connectivity index (χ1) is 8.66. The van der Waals surface area contributed by atoms with Gasteiger partial charge in [-0.25, -0.2) is 8.78 Å². The lowest BCUT2D eigenvalue weighted by Gasteiger charge is -2.07. The monoisotopic (exact) mass is 254 g/mol. The number of halogens is 2. The molecule has 1 aromatic carbocycles. The Morgan fingerprint density at radius 1 is 1.28 bits per heavy atom. The van der Waals surface area contributed by atoms with E-state index in [4.69, 9.17) is 0 Å². The minimum atomic E-state index is -0.565. The van der Waals surface area contributed by atoms with Crippen LogP contribution in [-0.2, 0) is 11.3 Å². The lowest BCUT2D eigenvalue weighted by atomic mass is 10.2. The third kappa shape index (κ3) is 3.77. The maximum absolute atomic E-state index is 13.3. The van der Waals surface area contributed by atoms with Crippen molar-refractivity contribution in [2.45, 2.75) is 31.8 Å². The quantitative estimate of drug-likeness (QED) is 0.759. The molecule has 98 valence electrons. The Kier molecular flexibility index (Phi) is 4.25. The van der Waals surface area contributed by atoms with E-state index in [-0.39, 0.29) is 18.0 Å². The van der Waals surface area contributed by atoms with Gasteiger partial charge in [0.2, 0.25) is 5.91 Å². The maximum atomic E-state index is 13.3. The van der Waals surface area contributed by atoms with Crippen LogP contribution < -0.4 is 10.6 Å². The molecule has 0 atom stereocenters. The number of carbonyl (C=O) groups is 1. The zero-order valence-corrected chi connectivity index (χ0v) is 10.0. The highest BCUT2D eigenvalue weighted by Gasteiger charge is 2.22. The van der Waals surface area contributed by atoms with E-state index in [0.717, 1.165) is 12.8 Å². The van der Waals surface area contributed by atoms with Crippen molar-refractivity contribution in [2.75, 3.05) is 6.54 Å². The average Bonchev–Trinajstić information content (AvgIpc) is 3.11. The van der Waals surface area contributed by atoms with Gasteiger partial charge < -0.3 is 10.6 Å². The molecule has 5 heteroatoms. The molecular weight excluding hydrogens is 238 g/mol. The Morgan fingerprint density at radius 2 is 1.94 bits per heavy atom. The number of nitrogens with one attached hydrogen (secondary N) is 2. The first kappa shape index (κ1) is 13.0. The number of rotatable bonds is 6. The Hall–Kier alpha value is -1.49. The lowest BCUT2D eigenvalue weighted by molar-refractivity contribution is -0.121. The van der Waals surface area contributed by atoms with Crippen molar-refractivity contribution in [3.05, 3.63) is 35.4 Å². The molecule has 1 aromatic rings. The van der Waals surface area contributed by atoms with Crippen LogP contribution in [0.15, 0.2) is 18.2 Å². The molecule has 18 heavy (non-hydrogen) atoms. The van der Waals surface area contributed by atoms with E-state index >= 15 is 0 Å². The van der Waals surface area contributed by atoms with Gasteiger partial charge in [0.25, 0.3) is 0 Å². The standard InChI is InChI=1S/C13H16F2N2O/c14-11-2-1-3-12(15)10(11)8-16-7-6-13(18)17-9-4-5-9/h1-3,9,16H,4-8H2,(H,17,18). The summed E-state index contributed by atoms with van der Waals surface area (Å²) in [7, 11) is 0. The van der Waals surface area contributed by atoms with Crippen LogP contribution in [0.1, 0.15) is 24.8 Å². The van der Waals surface area contributed by atoms with Gasteiger partial charge in [-0.3, -0.25) is 4.79 Å². The van der Waals surface area contributed by atoms with Gasteiger partial charge in [-0.2, -0.15) is 0 Å². The highest BCUT2D eigenvalue weighted by atomic mass is 19.1. The molecule has 3 nitrogen and oxygen atoms in total. The molecule has 1 fully saturated rings. The Labute approximate surface area is 105 Å². The Morgan fingerprint density at radius 3 is 2.56 bits per heavy atom. The van der Waals surface area contributed by atoms with Crippen LogP contribution in [-0.4, -0.2) is 18.5 Å². The van der Waals surface area contributed by atoms with Gasteiger partial charge in [-0.1, -0.05) is 6.07 Å². The van der Waals surface area contributed by atoms with E-state index in [1.54, 1.807) is 0 Å². The van der Waals surface area contributed by atoms with E-state index < -0.39 is 11.6 Å². The predicted molar refractivity (Wildman–Crippen MR) is 63.8 cm³/mol. The molecule has 0 saturated heterocycles. The summed E-state index contributed by atoms with van der Waals surface area (Å²) in [5.74, 6) is -1.14. The molecule has 0 heterocycles. The number of benzene rings is 1. The number of hydrogen-bond acceptors (Lipinski definition) is 2. The molecule has 2 rings (SSSR count). The van der Waals surface area contributed by atoms with Crippen LogP contribution in [0.3, 0.4) is 0 Å². The van der Waals surface area contributed by atoms with Crippen molar-refractivity contribution in [2.24, 2.45) is 0 Å². The number of amides is 1. The van der Waals surface area contributed by atoms with Gasteiger partial charge in [0.15, 0.2) is 0 Å². The zero-order valence-electron chi connectivity index (χ0n) is 10.0. The SMILES string of the molecule is O=C(CCNCc1c(F)cccc1F)NC1CC1. The van der Waals surface area contributed by atoms with Crippen molar-refractivity contribution in [1.29, 1.82) is 0 Å². The first-order valence-corrected chi connectivity index (χ1v) is 6.10. The Balaban J connectivity index is 1.69. The van der Waals surface area contributed by atoms with Gasteiger partial charge in [0, 0.05) is 31.1 Å². The summed E-state index contributed by atoms with van der Waals surface area (Å²) in [6.07, 6.45) is 2.44. The molecule has 1 aliphatic carbocycles. The predicted octanol–water partition coefficient (Wildman–Crippen LogP) is 1.72. The van der Waals surface area contributed by atoms with Crippen LogP contribution in [0.5, 0.6) is 0 Å². The van der Waals surface area contributed by atoms with Gasteiger partial charge in [-0.15, -0.1) is 0 Å². The van der Waals surface area contributed by atoms with Crippen LogP contribution in [0, 0.1) is 11.6 Å². The van der Waals surface area contributed by atoms with Crippen molar-refractivity contribution in [3.8, 4) is 0 Å². The average molecular weight is 254 g/mol. The second-order valence-corrected chi connectivity index (χ2v) is 4.47. The fraction of sp³-hybridized carbons (Fsp3) is 0.462. The van der Waals surface area contributed by atoms with Crippen molar-refractivity contribution < 1.29 is 13.6 Å². The molecule has 0 unspecified atom stereocenters. The topological polar surface area (TPSA) is 41.1 Å². The number of carbonyl (C=O) groups excluding carboxylic acids is 1. The smallest absolute Gasteiger partial charge is 0.221 e.